The number of hydrogen-bond acceptors (Lipinski definition) is 2. The molecule has 0 bridgehead atoms. The van der Waals surface area contributed by atoms with Crippen LogP contribution in [0.1, 0.15) is 23.6 Å². The molecular formula is C10H9BrF3NO2. The Morgan fingerprint density at radius 3 is 2.47 bits per heavy atom. The van der Waals surface area contributed by atoms with Crippen LogP contribution < -0.4 is 5.73 Å². The second-order valence-corrected chi connectivity index (χ2v) is 4.39. The smallest absolute Gasteiger partial charge is 0.416 e. The Morgan fingerprint density at radius 1 is 1.41 bits per heavy atom. The lowest BCUT2D eigenvalue weighted by Crippen LogP contribution is -2.16. The minimum atomic E-state index is -4.48. The van der Waals surface area contributed by atoms with Crippen LogP contribution in [0, 0.1) is 0 Å². The monoisotopic (exact) mass is 311 g/mol. The molecule has 1 atom stereocenters. The van der Waals surface area contributed by atoms with Crippen molar-refractivity contribution in [2.24, 2.45) is 5.73 Å². The first-order chi connectivity index (χ1) is 7.70. The molecule has 0 saturated carbocycles. The highest BCUT2D eigenvalue weighted by Crippen LogP contribution is 2.33. The number of carboxylic acid groups (broad SMARTS) is 1. The highest BCUT2D eigenvalue weighted by Gasteiger charge is 2.31. The van der Waals surface area contributed by atoms with Gasteiger partial charge in [0.1, 0.15) is 0 Å². The normalized spacial score (nSPS) is 13.5. The quantitative estimate of drug-likeness (QED) is 0.902. The lowest BCUT2D eigenvalue weighted by Gasteiger charge is -2.13. The van der Waals surface area contributed by atoms with Crippen molar-refractivity contribution in [2.45, 2.75) is 18.6 Å². The van der Waals surface area contributed by atoms with Gasteiger partial charge in [-0.25, -0.2) is 0 Å². The largest absolute Gasteiger partial charge is 0.481 e. The molecule has 0 aliphatic rings. The van der Waals surface area contributed by atoms with E-state index < -0.39 is 30.2 Å². The van der Waals surface area contributed by atoms with E-state index in [0.717, 1.165) is 12.1 Å². The van der Waals surface area contributed by atoms with Crippen molar-refractivity contribution >= 4 is 21.9 Å². The molecule has 0 aliphatic carbocycles. The van der Waals surface area contributed by atoms with Crippen LogP contribution in [0.2, 0.25) is 0 Å². The van der Waals surface area contributed by atoms with Gasteiger partial charge in [-0.1, -0.05) is 15.9 Å². The van der Waals surface area contributed by atoms with E-state index in [-0.39, 0.29) is 10.0 Å². The molecule has 3 nitrogen and oxygen atoms in total. The average Bonchev–Trinajstić information content (AvgIpc) is 2.14. The summed E-state index contributed by atoms with van der Waals surface area (Å²) in [7, 11) is 0. The number of rotatable bonds is 3. The van der Waals surface area contributed by atoms with Gasteiger partial charge in [0.05, 0.1) is 12.0 Å². The Kier molecular flexibility index (Phi) is 4.16. The third-order valence-electron chi connectivity index (χ3n) is 2.07. The number of alkyl halides is 3. The molecule has 0 saturated heterocycles. The second kappa shape index (κ2) is 5.05. The van der Waals surface area contributed by atoms with E-state index in [4.69, 9.17) is 10.8 Å². The fourth-order valence-electron chi connectivity index (χ4n) is 1.30. The van der Waals surface area contributed by atoms with Gasteiger partial charge in [-0.3, -0.25) is 4.79 Å². The molecule has 0 spiro atoms. The van der Waals surface area contributed by atoms with Crippen LogP contribution in [0.3, 0.4) is 0 Å². The maximum Gasteiger partial charge on any atom is 0.416 e. The molecule has 17 heavy (non-hydrogen) atoms. The maximum atomic E-state index is 12.5. The van der Waals surface area contributed by atoms with Gasteiger partial charge < -0.3 is 10.8 Å². The van der Waals surface area contributed by atoms with Gasteiger partial charge in [0, 0.05) is 10.5 Å². The Labute approximate surface area is 104 Å². The van der Waals surface area contributed by atoms with Crippen LogP contribution in [0.4, 0.5) is 13.2 Å². The summed E-state index contributed by atoms with van der Waals surface area (Å²) in [6, 6.07) is 2.18. The van der Waals surface area contributed by atoms with Gasteiger partial charge in [0.25, 0.3) is 0 Å². The summed E-state index contributed by atoms with van der Waals surface area (Å²) in [5.41, 5.74) is 4.78. The summed E-state index contributed by atoms with van der Waals surface area (Å²) in [6.45, 7) is 0. The first-order valence-electron chi connectivity index (χ1n) is 4.55. The minimum Gasteiger partial charge on any atom is -0.481 e. The van der Waals surface area contributed by atoms with E-state index in [1.807, 2.05) is 0 Å². The summed E-state index contributed by atoms with van der Waals surface area (Å²) >= 11 is 2.94. The van der Waals surface area contributed by atoms with E-state index in [2.05, 4.69) is 15.9 Å². The van der Waals surface area contributed by atoms with Crippen molar-refractivity contribution in [2.75, 3.05) is 0 Å². The molecule has 0 aromatic heterocycles. The molecule has 1 aromatic rings. The Balaban J connectivity index is 3.09. The maximum absolute atomic E-state index is 12.5. The van der Waals surface area contributed by atoms with Gasteiger partial charge in [-0.05, 0) is 23.8 Å². The van der Waals surface area contributed by atoms with Crippen molar-refractivity contribution in [3.63, 3.8) is 0 Å². The molecular weight excluding hydrogens is 303 g/mol. The predicted molar refractivity (Wildman–Crippen MR) is 58.3 cm³/mol. The van der Waals surface area contributed by atoms with E-state index >= 15 is 0 Å². The molecule has 0 fully saturated rings. The topological polar surface area (TPSA) is 63.3 Å². The minimum absolute atomic E-state index is 0.133. The lowest BCUT2D eigenvalue weighted by molar-refractivity contribution is -0.138. The van der Waals surface area contributed by atoms with Gasteiger partial charge in [-0.2, -0.15) is 13.2 Å². The average molecular weight is 312 g/mol. The summed E-state index contributed by atoms with van der Waals surface area (Å²) < 4.78 is 37.7. The highest BCUT2D eigenvalue weighted by atomic mass is 79.9. The van der Waals surface area contributed by atoms with Gasteiger partial charge >= 0.3 is 12.1 Å². The molecule has 0 heterocycles. The van der Waals surface area contributed by atoms with E-state index in [1.165, 1.54) is 6.07 Å². The molecule has 1 unspecified atom stereocenters. The van der Waals surface area contributed by atoms with Crippen LogP contribution in [0.5, 0.6) is 0 Å². The molecule has 1 aromatic carbocycles. The second-order valence-electron chi connectivity index (χ2n) is 3.48. The molecule has 0 amide bonds. The van der Waals surface area contributed by atoms with Crippen molar-refractivity contribution in [3.05, 3.63) is 33.8 Å². The standard InChI is InChI=1S/C10H9BrF3NO2/c11-7-2-5(8(15)4-9(16)17)1-6(3-7)10(12,13)14/h1-3,8H,4,15H2,(H,16,17). The Bertz CT molecular complexity index is 434. The van der Waals surface area contributed by atoms with Crippen LogP contribution in [0.15, 0.2) is 22.7 Å². The fourth-order valence-corrected chi connectivity index (χ4v) is 1.81. The molecule has 7 heteroatoms. The van der Waals surface area contributed by atoms with Gasteiger partial charge in [0.15, 0.2) is 0 Å². The summed E-state index contributed by atoms with van der Waals surface area (Å²) in [4.78, 5) is 10.4. The number of carbonyl (C=O) groups is 1. The summed E-state index contributed by atoms with van der Waals surface area (Å²) in [5, 5.41) is 8.53. The third-order valence-corrected chi connectivity index (χ3v) is 2.53. The first kappa shape index (κ1) is 14.0. The van der Waals surface area contributed by atoms with Crippen LogP contribution in [-0.2, 0) is 11.0 Å². The Morgan fingerprint density at radius 2 is 2.00 bits per heavy atom. The molecule has 94 valence electrons. The predicted octanol–water partition coefficient (Wildman–Crippen LogP) is 2.94. The SMILES string of the molecule is NC(CC(=O)O)c1cc(Br)cc(C(F)(F)F)c1. The van der Waals surface area contributed by atoms with Crippen molar-refractivity contribution < 1.29 is 23.1 Å². The number of aliphatic carboxylic acids is 1. The van der Waals surface area contributed by atoms with Gasteiger partial charge in [-0.15, -0.1) is 0 Å². The van der Waals surface area contributed by atoms with Crippen LogP contribution in [-0.4, -0.2) is 11.1 Å². The first-order valence-corrected chi connectivity index (χ1v) is 5.34. The molecule has 0 radical (unpaired) electrons. The Hall–Kier alpha value is -1.08. The number of nitrogens with two attached hydrogens (primary N) is 1. The number of halogens is 4. The highest BCUT2D eigenvalue weighted by molar-refractivity contribution is 9.10. The number of carboxylic acids is 1. The van der Waals surface area contributed by atoms with Crippen molar-refractivity contribution in [1.29, 1.82) is 0 Å². The zero-order valence-corrected chi connectivity index (χ0v) is 10.0. The molecule has 3 N–H and O–H groups in total. The zero-order valence-electron chi connectivity index (χ0n) is 8.46. The third kappa shape index (κ3) is 4.01. The van der Waals surface area contributed by atoms with E-state index in [1.54, 1.807) is 0 Å². The molecule has 1 rings (SSSR count). The lowest BCUT2D eigenvalue weighted by atomic mass is 10.0. The van der Waals surface area contributed by atoms with E-state index in [0.29, 0.717) is 0 Å². The summed E-state index contributed by atoms with van der Waals surface area (Å²) in [6.07, 6.45) is -4.91. The number of hydrogen-bond donors (Lipinski definition) is 2. The van der Waals surface area contributed by atoms with Crippen LogP contribution in [0.25, 0.3) is 0 Å². The molecule has 0 aliphatic heterocycles. The van der Waals surface area contributed by atoms with Crippen LogP contribution >= 0.6 is 15.9 Å². The van der Waals surface area contributed by atoms with E-state index in [9.17, 15) is 18.0 Å². The van der Waals surface area contributed by atoms with Crippen molar-refractivity contribution in [1.82, 2.24) is 0 Å². The summed E-state index contributed by atoms with van der Waals surface area (Å²) in [5.74, 6) is -1.16. The fraction of sp³-hybridized carbons (Fsp3) is 0.300. The van der Waals surface area contributed by atoms with Crippen molar-refractivity contribution in [3.8, 4) is 0 Å². The van der Waals surface area contributed by atoms with Gasteiger partial charge in [0.2, 0.25) is 0 Å². The number of benzene rings is 1. The zero-order chi connectivity index (χ0) is 13.2.